The first-order valence-electron chi connectivity index (χ1n) is 8.13. The van der Waals surface area contributed by atoms with Crippen molar-refractivity contribution in [3.8, 4) is 0 Å². The van der Waals surface area contributed by atoms with Gasteiger partial charge in [-0.2, -0.15) is 0 Å². The maximum absolute atomic E-state index is 12.7. The molecule has 0 amide bonds. The van der Waals surface area contributed by atoms with Crippen LogP contribution in [0.3, 0.4) is 0 Å². The number of hydrogen-bond donors (Lipinski definition) is 0. The number of Topliss-reactive ketones (excluding diaryl/α,β-unsaturated/α-hetero) is 1. The summed E-state index contributed by atoms with van der Waals surface area (Å²) < 4.78 is 0. The van der Waals surface area contributed by atoms with Gasteiger partial charge in [0.15, 0.2) is 5.78 Å². The molecule has 1 atom stereocenters. The highest BCUT2D eigenvalue weighted by atomic mass is 16.1. The molecule has 0 bridgehead atoms. The highest BCUT2D eigenvalue weighted by Crippen LogP contribution is 2.21. The standard InChI is InChI=1S/C18H26N2O/c1-3-5-6-7-12-20-13-8-9-17(20)18(21)16-14-15(4-2)10-11-19-16/h4,10-11,14,17H,2-3,5-9,12-13H2,1H3. The van der Waals surface area contributed by atoms with E-state index in [2.05, 4.69) is 23.4 Å². The average Bonchev–Trinajstić information content (AvgIpc) is 2.99. The molecule has 1 fully saturated rings. The van der Waals surface area contributed by atoms with Crippen LogP contribution in [-0.2, 0) is 0 Å². The van der Waals surface area contributed by atoms with E-state index in [1.807, 2.05) is 12.1 Å². The summed E-state index contributed by atoms with van der Waals surface area (Å²) >= 11 is 0. The molecular weight excluding hydrogens is 260 g/mol. The number of carbonyl (C=O) groups excluding carboxylic acids is 1. The lowest BCUT2D eigenvalue weighted by molar-refractivity contribution is 0.0861. The lowest BCUT2D eigenvalue weighted by atomic mass is 10.0. The minimum absolute atomic E-state index is 0.0270. The number of ketones is 1. The Labute approximate surface area is 128 Å². The van der Waals surface area contributed by atoms with Crippen LogP contribution in [0.25, 0.3) is 6.08 Å². The van der Waals surface area contributed by atoms with E-state index in [4.69, 9.17) is 0 Å². The van der Waals surface area contributed by atoms with Crippen LogP contribution < -0.4 is 0 Å². The molecule has 0 radical (unpaired) electrons. The Bertz CT molecular complexity index is 484. The molecule has 1 saturated heterocycles. The van der Waals surface area contributed by atoms with Crippen molar-refractivity contribution in [3.05, 3.63) is 36.2 Å². The molecule has 2 heterocycles. The zero-order chi connectivity index (χ0) is 15.1. The molecule has 0 saturated carbocycles. The van der Waals surface area contributed by atoms with Crippen molar-refractivity contribution in [2.45, 2.75) is 51.5 Å². The summed E-state index contributed by atoms with van der Waals surface area (Å²) in [5, 5.41) is 0. The Morgan fingerprint density at radius 3 is 3.10 bits per heavy atom. The van der Waals surface area contributed by atoms with E-state index in [1.54, 1.807) is 12.3 Å². The van der Waals surface area contributed by atoms with Gasteiger partial charge in [-0.1, -0.05) is 38.8 Å². The molecule has 1 aromatic heterocycles. The summed E-state index contributed by atoms with van der Waals surface area (Å²) in [4.78, 5) is 19.3. The van der Waals surface area contributed by atoms with Crippen LogP contribution in [0.4, 0.5) is 0 Å². The highest BCUT2D eigenvalue weighted by molar-refractivity contribution is 5.99. The van der Waals surface area contributed by atoms with Gasteiger partial charge in [-0.3, -0.25) is 14.7 Å². The maximum atomic E-state index is 12.7. The van der Waals surface area contributed by atoms with Crippen molar-refractivity contribution in [3.63, 3.8) is 0 Å². The van der Waals surface area contributed by atoms with E-state index < -0.39 is 0 Å². The van der Waals surface area contributed by atoms with E-state index in [9.17, 15) is 4.79 Å². The van der Waals surface area contributed by atoms with Gasteiger partial charge in [0.2, 0.25) is 0 Å². The molecule has 1 aliphatic rings. The average molecular weight is 286 g/mol. The Morgan fingerprint density at radius 2 is 2.33 bits per heavy atom. The van der Waals surface area contributed by atoms with Crippen LogP contribution >= 0.6 is 0 Å². The number of carbonyl (C=O) groups is 1. The second-order valence-corrected chi connectivity index (χ2v) is 5.80. The predicted molar refractivity (Wildman–Crippen MR) is 87.4 cm³/mol. The van der Waals surface area contributed by atoms with Gasteiger partial charge >= 0.3 is 0 Å². The third kappa shape index (κ3) is 4.24. The number of likely N-dealkylation sites (tertiary alicyclic amines) is 1. The predicted octanol–water partition coefficient (Wildman–Crippen LogP) is 3.95. The van der Waals surface area contributed by atoms with E-state index in [-0.39, 0.29) is 11.8 Å². The number of hydrogen-bond acceptors (Lipinski definition) is 3. The Balaban J connectivity index is 1.98. The lowest BCUT2D eigenvalue weighted by Gasteiger charge is -2.23. The highest BCUT2D eigenvalue weighted by Gasteiger charge is 2.31. The van der Waals surface area contributed by atoms with Gasteiger partial charge in [0.25, 0.3) is 0 Å². The first-order valence-corrected chi connectivity index (χ1v) is 8.13. The zero-order valence-corrected chi connectivity index (χ0v) is 13.1. The van der Waals surface area contributed by atoms with Crippen LogP contribution in [0.2, 0.25) is 0 Å². The van der Waals surface area contributed by atoms with Crippen LogP contribution in [0, 0.1) is 0 Å². The molecule has 0 spiro atoms. The molecule has 3 heteroatoms. The molecule has 2 rings (SSSR count). The minimum atomic E-state index is 0.0270. The van der Waals surface area contributed by atoms with Gasteiger partial charge in [-0.05, 0) is 50.0 Å². The molecule has 114 valence electrons. The van der Waals surface area contributed by atoms with Crippen molar-refractivity contribution in [2.24, 2.45) is 0 Å². The number of unbranched alkanes of at least 4 members (excludes halogenated alkanes) is 3. The Morgan fingerprint density at radius 1 is 1.48 bits per heavy atom. The van der Waals surface area contributed by atoms with Crippen LogP contribution in [0.1, 0.15) is 61.5 Å². The zero-order valence-electron chi connectivity index (χ0n) is 13.1. The van der Waals surface area contributed by atoms with E-state index in [1.165, 1.54) is 25.7 Å². The molecule has 0 aliphatic carbocycles. The quantitative estimate of drug-likeness (QED) is 0.536. The summed E-state index contributed by atoms with van der Waals surface area (Å²) in [5.74, 6) is 0.173. The fourth-order valence-corrected chi connectivity index (χ4v) is 3.01. The summed E-state index contributed by atoms with van der Waals surface area (Å²) in [7, 11) is 0. The molecular formula is C18H26N2O. The van der Waals surface area contributed by atoms with Crippen molar-refractivity contribution < 1.29 is 4.79 Å². The van der Waals surface area contributed by atoms with Gasteiger partial charge in [0.1, 0.15) is 5.69 Å². The summed E-state index contributed by atoms with van der Waals surface area (Å²) in [5.41, 5.74) is 1.54. The number of rotatable bonds is 8. The first-order chi connectivity index (χ1) is 10.3. The summed E-state index contributed by atoms with van der Waals surface area (Å²) in [6, 6.07) is 3.75. The van der Waals surface area contributed by atoms with Crippen LogP contribution in [0.5, 0.6) is 0 Å². The Kier molecular flexibility index (Phi) is 6.12. The molecule has 1 aliphatic heterocycles. The molecule has 3 nitrogen and oxygen atoms in total. The molecule has 0 N–H and O–H groups in total. The van der Waals surface area contributed by atoms with Crippen molar-refractivity contribution in [1.82, 2.24) is 9.88 Å². The lowest BCUT2D eigenvalue weighted by Crippen LogP contribution is -2.37. The van der Waals surface area contributed by atoms with Gasteiger partial charge in [0, 0.05) is 6.20 Å². The second kappa shape index (κ2) is 8.08. The topological polar surface area (TPSA) is 33.2 Å². The van der Waals surface area contributed by atoms with Gasteiger partial charge in [-0.15, -0.1) is 0 Å². The largest absolute Gasteiger partial charge is 0.293 e. The van der Waals surface area contributed by atoms with Crippen molar-refractivity contribution in [2.75, 3.05) is 13.1 Å². The molecule has 1 unspecified atom stereocenters. The van der Waals surface area contributed by atoms with E-state index in [0.717, 1.165) is 31.5 Å². The van der Waals surface area contributed by atoms with Gasteiger partial charge in [-0.25, -0.2) is 0 Å². The number of pyridine rings is 1. The summed E-state index contributed by atoms with van der Waals surface area (Å²) in [6.07, 6.45) is 10.5. The fraction of sp³-hybridized carbons (Fsp3) is 0.556. The van der Waals surface area contributed by atoms with Gasteiger partial charge < -0.3 is 0 Å². The third-order valence-corrected chi connectivity index (χ3v) is 4.24. The van der Waals surface area contributed by atoms with E-state index >= 15 is 0 Å². The smallest absolute Gasteiger partial charge is 0.198 e. The fourth-order valence-electron chi connectivity index (χ4n) is 3.01. The van der Waals surface area contributed by atoms with Crippen molar-refractivity contribution >= 4 is 11.9 Å². The van der Waals surface area contributed by atoms with E-state index in [0.29, 0.717) is 5.69 Å². The number of nitrogens with zero attached hydrogens (tertiary/aromatic N) is 2. The number of aromatic nitrogens is 1. The Hall–Kier alpha value is -1.48. The van der Waals surface area contributed by atoms with Gasteiger partial charge in [0.05, 0.1) is 6.04 Å². The van der Waals surface area contributed by atoms with Crippen LogP contribution in [0.15, 0.2) is 24.9 Å². The molecule has 21 heavy (non-hydrogen) atoms. The maximum Gasteiger partial charge on any atom is 0.198 e. The first kappa shape index (κ1) is 15.9. The van der Waals surface area contributed by atoms with Crippen LogP contribution in [-0.4, -0.2) is 34.8 Å². The molecule has 0 aromatic carbocycles. The third-order valence-electron chi connectivity index (χ3n) is 4.24. The van der Waals surface area contributed by atoms with Crippen molar-refractivity contribution in [1.29, 1.82) is 0 Å². The molecule has 1 aromatic rings. The monoisotopic (exact) mass is 286 g/mol. The second-order valence-electron chi connectivity index (χ2n) is 5.80. The minimum Gasteiger partial charge on any atom is -0.293 e. The SMILES string of the molecule is C=Cc1ccnc(C(=O)C2CCCN2CCCCCC)c1. The normalized spacial score (nSPS) is 18.8. The summed E-state index contributed by atoms with van der Waals surface area (Å²) in [6.45, 7) is 8.06.